The molecule has 0 aliphatic carbocycles. The standard InChI is InChI=1S/C29H22N6O15S5/c36-49-50-51-19-11-15-9-17(5-7-21(15)25(13-19)54(43,44)45)30-27-33-28(35-29(34-27)32-23-3-1-2-4-24(23)53(40,41)42)31-18-6-8-22-16(10-18)12-20(52(37,38)39)14-26(22)55(46,47)48/h1-14,36H,(H,37,38,39)(H,40,41,42)(H,43,44,45)(H,46,47,48)(H3,30,31,32,33,34,35). The van der Waals surface area contributed by atoms with Crippen LogP contribution in [0.3, 0.4) is 0 Å². The highest BCUT2D eigenvalue weighted by Gasteiger charge is 2.22. The summed E-state index contributed by atoms with van der Waals surface area (Å²) in [6, 6.07) is 17.2. The number of nitrogens with one attached hydrogen (secondary N) is 3. The van der Waals surface area contributed by atoms with Crippen molar-refractivity contribution in [3.8, 4) is 0 Å². The molecule has 0 saturated carbocycles. The first-order valence-electron chi connectivity index (χ1n) is 14.6. The van der Waals surface area contributed by atoms with Crippen LogP contribution in [0.2, 0.25) is 0 Å². The predicted octanol–water partition coefficient (Wildman–Crippen LogP) is 4.82. The van der Waals surface area contributed by atoms with Gasteiger partial charge in [-0.15, -0.1) is 4.33 Å². The molecule has 0 aliphatic heterocycles. The lowest BCUT2D eigenvalue weighted by Gasteiger charge is -2.14. The van der Waals surface area contributed by atoms with Crippen molar-refractivity contribution >= 4 is 109 Å². The topological polar surface area (TPSA) is 331 Å². The van der Waals surface area contributed by atoms with E-state index in [1.54, 1.807) is 0 Å². The van der Waals surface area contributed by atoms with E-state index in [1.807, 2.05) is 0 Å². The molecular formula is C29H22N6O15S5. The highest BCUT2D eigenvalue weighted by atomic mass is 32.2. The summed E-state index contributed by atoms with van der Waals surface area (Å²) in [5.74, 6) is -0.809. The van der Waals surface area contributed by atoms with Crippen LogP contribution in [0.25, 0.3) is 21.5 Å². The average molecular weight is 855 g/mol. The van der Waals surface area contributed by atoms with Crippen LogP contribution in [-0.2, 0) is 49.8 Å². The number of nitrogens with zero attached hydrogens (tertiary/aromatic N) is 3. The smallest absolute Gasteiger partial charge is 0.296 e. The SMILES string of the molecule is O=S(=O)(O)c1cc(S(=O)(=O)O)c2ccc(Nc3nc(Nc4ccc5c(S(=O)(=O)O)cc(SOOO)cc5c4)nc(Nc4ccccc4S(=O)(=O)O)n3)cc2c1. The Bertz CT molecular complexity index is 2970. The van der Waals surface area contributed by atoms with Gasteiger partial charge < -0.3 is 16.0 Å². The molecule has 5 aromatic carbocycles. The highest BCUT2D eigenvalue weighted by molar-refractivity contribution is 7.94. The first-order valence-corrected chi connectivity index (χ1v) is 21.1. The Balaban J connectivity index is 1.45. The molecule has 0 aliphatic rings. The van der Waals surface area contributed by atoms with Crippen molar-refractivity contribution in [3.63, 3.8) is 0 Å². The third kappa shape index (κ3) is 9.24. The van der Waals surface area contributed by atoms with Crippen molar-refractivity contribution < 1.29 is 66.5 Å². The number of hydrogen-bond acceptors (Lipinski definition) is 18. The van der Waals surface area contributed by atoms with Gasteiger partial charge in [0, 0.05) is 27.0 Å². The molecular weight excluding hydrogens is 833 g/mol. The summed E-state index contributed by atoms with van der Waals surface area (Å²) >= 11 is 0.426. The lowest BCUT2D eigenvalue weighted by Crippen LogP contribution is -2.09. The van der Waals surface area contributed by atoms with Crippen LogP contribution in [0.4, 0.5) is 34.9 Å². The molecule has 0 atom stereocenters. The van der Waals surface area contributed by atoms with Gasteiger partial charge in [0.05, 0.1) is 22.6 Å². The average Bonchev–Trinajstić information content (AvgIpc) is 3.08. The van der Waals surface area contributed by atoms with Crippen LogP contribution in [0.5, 0.6) is 0 Å². The van der Waals surface area contributed by atoms with Gasteiger partial charge in [0.15, 0.2) is 0 Å². The van der Waals surface area contributed by atoms with Gasteiger partial charge in [-0.1, -0.05) is 29.3 Å². The van der Waals surface area contributed by atoms with Gasteiger partial charge in [0.1, 0.15) is 14.7 Å². The lowest BCUT2D eigenvalue weighted by molar-refractivity contribution is -0.432. The summed E-state index contributed by atoms with van der Waals surface area (Å²) in [5.41, 5.74) is 0.167. The van der Waals surface area contributed by atoms with Crippen molar-refractivity contribution in [2.45, 2.75) is 24.5 Å². The summed E-state index contributed by atoms with van der Waals surface area (Å²) in [7, 11) is -19.4. The van der Waals surface area contributed by atoms with Crippen LogP contribution < -0.4 is 16.0 Å². The first-order chi connectivity index (χ1) is 25.7. The molecule has 8 N–H and O–H groups in total. The number of rotatable bonds is 13. The van der Waals surface area contributed by atoms with Gasteiger partial charge in [-0.3, -0.25) is 18.2 Å². The second-order valence-electron chi connectivity index (χ2n) is 11.0. The van der Waals surface area contributed by atoms with E-state index < -0.39 is 60.1 Å². The number of para-hydroxylation sites is 1. The molecule has 0 amide bonds. The summed E-state index contributed by atoms with van der Waals surface area (Å²) in [6.07, 6.45) is 0. The molecule has 0 saturated heterocycles. The van der Waals surface area contributed by atoms with E-state index in [-0.39, 0.29) is 61.3 Å². The second kappa shape index (κ2) is 14.9. The molecule has 55 heavy (non-hydrogen) atoms. The highest BCUT2D eigenvalue weighted by Crippen LogP contribution is 2.34. The van der Waals surface area contributed by atoms with E-state index in [4.69, 9.17) is 5.26 Å². The Morgan fingerprint density at radius 1 is 0.527 bits per heavy atom. The normalized spacial score (nSPS) is 12.5. The molecule has 0 spiro atoms. The fourth-order valence-corrected chi connectivity index (χ4v) is 8.44. The van der Waals surface area contributed by atoms with Gasteiger partial charge >= 0.3 is 0 Å². The van der Waals surface area contributed by atoms with Crippen LogP contribution >= 0.6 is 12.0 Å². The molecule has 0 unspecified atom stereocenters. The minimum absolute atomic E-state index is 0.0745. The van der Waals surface area contributed by atoms with Gasteiger partial charge in [0.25, 0.3) is 40.5 Å². The van der Waals surface area contributed by atoms with E-state index in [9.17, 15) is 51.9 Å². The molecule has 0 radical (unpaired) electrons. The Hall–Kier alpha value is -5.10. The monoisotopic (exact) mass is 854 g/mol. The zero-order valence-electron chi connectivity index (χ0n) is 26.8. The third-order valence-electron chi connectivity index (χ3n) is 7.35. The van der Waals surface area contributed by atoms with Crippen molar-refractivity contribution in [2.24, 2.45) is 0 Å². The number of benzene rings is 5. The molecule has 26 heteroatoms. The maximum absolute atomic E-state index is 12.1. The van der Waals surface area contributed by atoms with Crippen molar-refractivity contribution in [2.75, 3.05) is 16.0 Å². The quantitative estimate of drug-likeness (QED) is 0.0334. The fourth-order valence-electron chi connectivity index (χ4n) is 5.17. The van der Waals surface area contributed by atoms with Gasteiger partial charge in [-0.05, 0) is 71.4 Å². The van der Waals surface area contributed by atoms with Crippen LogP contribution in [-0.4, -0.2) is 72.1 Å². The van der Waals surface area contributed by atoms with E-state index in [2.05, 4.69) is 40.3 Å². The van der Waals surface area contributed by atoms with E-state index in [0.29, 0.717) is 18.1 Å². The zero-order valence-corrected chi connectivity index (χ0v) is 30.9. The minimum Gasteiger partial charge on any atom is -0.324 e. The van der Waals surface area contributed by atoms with Crippen LogP contribution in [0.1, 0.15) is 0 Å². The molecule has 6 rings (SSSR count). The Kier molecular flexibility index (Phi) is 10.7. The van der Waals surface area contributed by atoms with Gasteiger partial charge in [-0.2, -0.15) is 48.6 Å². The van der Waals surface area contributed by atoms with Crippen molar-refractivity contribution in [3.05, 3.63) is 84.9 Å². The molecule has 1 heterocycles. The summed E-state index contributed by atoms with van der Waals surface area (Å²) in [5, 5.41) is 20.6. The lowest BCUT2D eigenvalue weighted by atomic mass is 10.1. The number of anilines is 6. The van der Waals surface area contributed by atoms with E-state index >= 15 is 0 Å². The maximum Gasteiger partial charge on any atom is 0.296 e. The predicted molar refractivity (Wildman–Crippen MR) is 194 cm³/mol. The molecule has 1 aromatic heterocycles. The van der Waals surface area contributed by atoms with Crippen molar-refractivity contribution in [1.29, 1.82) is 0 Å². The Labute approximate surface area is 314 Å². The number of aromatic nitrogens is 3. The van der Waals surface area contributed by atoms with E-state index in [1.165, 1.54) is 60.7 Å². The van der Waals surface area contributed by atoms with Crippen molar-refractivity contribution in [1.82, 2.24) is 15.0 Å². The van der Waals surface area contributed by atoms with Crippen LogP contribution in [0.15, 0.2) is 109 Å². The molecule has 0 fully saturated rings. The molecule has 6 aromatic rings. The Morgan fingerprint density at radius 3 is 1.53 bits per heavy atom. The Morgan fingerprint density at radius 2 is 1.02 bits per heavy atom. The number of fused-ring (bicyclic) bond motifs is 2. The van der Waals surface area contributed by atoms with Gasteiger partial charge in [-0.25, -0.2) is 5.26 Å². The zero-order chi connectivity index (χ0) is 39.9. The molecule has 21 nitrogen and oxygen atoms in total. The summed E-state index contributed by atoms with van der Waals surface area (Å²) < 4.78 is 140. The first kappa shape index (κ1) is 39.6. The second-order valence-corrected chi connectivity index (χ2v) is 17.4. The fraction of sp³-hybridized carbons (Fsp3) is 0. The summed E-state index contributed by atoms with van der Waals surface area (Å²) in [4.78, 5) is 10.2. The van der Waals surface area contributed by atoms with Gasteiger partial charge in [0.2, 0.25) is 17.8 Å². The van der Waals surface area contributed by atoms with Crippen LogP contribution in [0, 0.1) is 0 Å². The summed E-state index contributed by atoms with van der Waals surface area (Å²) in [6.45, 7) is 0. The molecule has 0 bridgehead atoms. The largest absolute Gasteiger partial charge is 0.324 e. The van der Waals surface area contributed by atoms with E-state index in [0.717, 1.165) is 18.2 Å². The number of hydrogen-bond donors (Lipinski definition) is 8. The third-order valence-corrected chi connectivity index (χ3v) is 11.4. The minimum atomic E-state index is -4.97. The molecule has 288 valence electrons. The maximum atomic E-state index is 12.1.